The van der Waals surface area contributed by atoms with Gasteiger partial charge < -0.3 is 4.74 Å². The number of thiophene rings is 1. The molecule has 2 unspecified atom stereocenters. The number of nitrogens with zero attached hydrogens (tertiary/aromatic N) is 1. The molecule has 1 aromatic heterocycles. The summed E-state index contributed by atoms with van der Waals surface area (Å²) in [7, 11) is 0. The second-order valence-corrected chi connectivity index (χ2v) is 5.64. The van der Waals surface area contributed by atoms with Crippen molar-refractivity contribution < 1.29 is 9.53 Å². The maximum absolute atomic E-state index is 12.0. The molecule has 1 aromatic rings. The molecule has 4 heteroatoms. The van der Waals surface area contributed by atoms with Gasteiger partial charge in [0.25, 0.3) is 0 Å². The van der Waals surface area contributed by atoms with Gasteiger partial charge in [-0.05, 0) is 43.7 Å². The minimum atomic E-state index is -0.104. The molecule has 2 heterocycles. The average molecular weight is 267 g/mol. The molecule has 0 bridgehead atoms. The van der Waals surface area contributed by atoms with Crippen LogP contribution in [-0.4, -0.2) is 30.1 Å². The minimum absolute atomic E-state index is 0.0782. The van der Waals surface area contributed by atoms with Gasteiger partial charge in [-0.2, -0.15) is 0 Å². The van der Waals surface area contributed by atoms with Crippen LogP contribution in [0.25, 0.3) is 0 Å². The first-order chi connectivity index (χ1) is 8.69. The molecule has 2 rings (SSSR count). The molecule has 0 amide bonds. The highest BCUT2D eigenvalue weighted by molar-refractivity contribution is 7.10. The predicted molar refractivity (Wildman–Crippen MR) is 73.9 cm³/mol. The second-order valence-electron chi connectivity index (χ2n) is 4.64. The maximum atomic E-state index is 12.0. The maximum Gasteiger partial charge on any atom is 0.323 e. The van der Waals surface area contributed by atoms with Gasteiger partial charge in [-0.15, -0.1) is 11.3 Å². The number of hydrogen-bond acceptors (Lipinski definition) is 4. The van der Waals surface area contributed by atoms with Crippen molar-refractivity contribution in [3.63, 3.8) is 0 Å². The summed E-state index contributed by atoms with van der Waals surface area (Å²) in [4.78, 5) is 15.8. The van der Waals surface area contributed by atoms with E-state index in [9.17, 15) is 4.79 Å². The minimum Gasteiger partial charge on any atom is -0.465 e. The van der Waals surface area contributed by atoms with Crippen molar-refractivity contribution in [2.75, 3.05) is 13.2 Å². The molecule has 0 N–H and O–H groups in total. The molecule has 2 atom stereocenters. The lowest BCUT2D eigenvalue weighted by Gasteiger charge is -2.38. The van der Waals surface area contributed by atoms with Crippen molar-refractivity contribution in [1.82, 2.24) is 4.90 Å². The fourth-order valence-corrected chi connectivity index (χ4v) is 3.69. The third kappa shape index (κ3) is 2.45. The highest BCUT2D eigenvalue weighted by atomic mass is 32.1. The SMILES string of the molecule is CCOC(=O)C(CC)N1CCc2sccc2C1C. The van der Waals surface area contributed by atoms with E-state index in [1.54, 1.807) is 0 Å². The molecule has 0 saturated heterocycles. The zero-order valence-corrected chi connectivity index (χ0v) is 12.1. The Morgan fingerprint density at radius 3 is 3.06 bits per heavy atom. The summed E-state index contributed by atoms with van der Waals surface area (Å²) in [6.45, 7) is 7.51. The van der Waals surface area contributed by atoms with Crippen molar-refractivity contribution in [3.8, 4) is 0 Å². The molecule has 1 aliphatic heterocycles. The molecule has 0 fully saturated rings. The van der Waals surface area contributed by atoms with Crippen LogP contribution in [0, 0.1) is 0 Å². The summed E-state index contributed by atoms with van der Waals surface area (Å²) in [5.74, 6) is -0.0782. The van der Waals surface area contributed by atoms with Crippen molar-refractivity contribution in [3.05, 3.63) is 21.9 Å². The monoisotopic (exact) mass is 267 g/mol. The zero-order valence-electron chi connectivity index (χ0n) is 11.3. The molecule has 0 spiro atoms. The molecule has 0 aliphatic carbocycles. The number of hydrogen-bond donors (Lipinski definition) is 0. The van der Waals surface area contributed by atoms with E-state index in [4.69, 9.17) is 4.74 Å². The Balaban J connectivity index is 2.16. The van der Waals surface area contributed by atoms with E-state index in [1.807, 2.05) is 18.3 Å². The van der Waals surface area contributed by atoms with Crippen LogP contribution in [0.5, 0.6) is 0 Å². The topological polar surface area (TPSA) is 29.5 Å². The van der Waals surface area contributed by atoms with E-state index in [-0.39, 0.29) is 12.0 Å². The third-order valence-corrected chi connectivity index (χ3v) is 4.67. The standard InChI is InChI=1S/C14H21NO2S/c1-4-12(14(16)17-5-2)15-8-6-13-11(10(15)3)7-9-18-13/h7,9-10,12H,4-6,8H2,1-3H3. The van der Waals surface area contributed by atoms with Gasteiger partial charge in [0, 0.05) is 17.5 Å². The number of carbonyl (C=O) groups excluding carboxylic acids is 1. The van der Waals surface area contributed by atoms with E-state index in [2.05, 4.69) is 30.2 Å². The third-order valence-electron chi connectivity index (χ3n) is 3.67. The van der Waals surface area contributed by atoms with Crippen molar-refractivity contribution in [2.45, 2.75) is 45.7 Å². The molecular formula is C14H21NO2S. The largest absolute Gasteiger partial charge is 0.465 e. The summed E-state index contributed by atoms with van der Waals surface area (Å²) < 4.78 is 5.19. The van der Waals surface area contributed by atoms with E-state index >= 15 is 0 Å². The summed E-state index contributed by atoms with van der Waals surface area (Å²) in [6.07, 6.45) is 1.86. The Bertz CT molecular complexity index is 416. The Morgan fingerprint density at radius 1 is 1.61 bits per heavy atom. The van der Waals surface area contributed by atoms with Gasteiger partial charge in [-0.1, -0.05) is 6.92 Å². The summed E-state index contributed by atoms with van der Waals surface area (Å²) in [6, 6.07) is 2.40. The van der Waals surface area contributed by atoms with Crippen molar-refractivity contribution >= 4 is 17.3 Å². The van der Waals surface area contributed by atoms with Crippen LogP contribution < -0.4 is 0 Å². The average Bonchev–Trinajstić information content (AvgIpc) is 2.82. The Labute approximate surface area is 113 Å². The first kappa shape index (κ1) is 13.6. The van der Waals surface area contributed by atoms with E-state index < -0.39 is 0 Å². The van der Waals surface area contributed by atoms with Gasteiger partial charge in [0.2, 0.25) is 0 Å². The van der Waals surface area contributed by atoms with Gasteiger partial charge in [-0.3, -0.25) is 9.69 Å². The van der Waals surface area contributed by atoms with E-state index in [1.165, 1.54) is 10.4 Å². The van der Waals surface area contributed by atoms with Gasteiger partial charge >= 0.3 is 5.97 Å². The van der Waals surface area contributed by atoms with Crippen LogP contribution in [0.2, 0.25) is 0 Å². The Kier molecular flexibility index (Phi) is 4.40. The zero-order chi connectivity index (χ0) is 13.1. The fourth-order valence-electron chi connectivity index (χ4n) is 2.73. The fraction of sp³-hybridized carbons (Fsp3) is 0.643. The van der Waals surface area contributed by atoms with Crippen LogP contribution in [0.1, 0.15) is 43.7 Å². The summed E-state index contributed by atoms with van der Waals surface area (Å²) >= 11 is 1.83. The van der Waals surface area contributed by atoms with E-state index in [0.29, 0.717) is 12.6 Å². The molecule has 0 radical (unpaired) electrons. The number of ether oxygens (including phenoxy) is 1. The van der Waals surface area contributed by atoms with Crippen LogP contribution >= 0.6 is 11.3 Å². The van der Waals surface area contributed by atoms with Gasteiger partial charge in [0.15, 0.2) is 0 Å². The lowest BCUT2D eigenvalue weighted by atomic mass is 9.98. The highest BCUT2D eigenvalue weighted by Gasteiger charge is 2.33. The second kappa shape index (κ2) is 5.85. The van der Waals surface area contributed by atoms with Gasteiger partial charge in [0.1, 0.15) is 6.04 Å². The van der Waals surface area contributed by atoms with Gasteiger partial charge in [-0.25, -0.2) is 0 Å². The number of carbonyl (C=O) groups is 1. The first-order valence-corrected chi connectivity index (χ1v) is 7.55. The summed E-state index contributed by atoms with van der Waals surface area (Å²) in [5.41, 5.74) is 1.38. The predicted octanol–water partition coefficient (Wildman–Crippen LogP) is 3.01. The summed E-state index contributed by atoms with van der Waals surface area (Å²) in [5, 5.41) is 2.15. The number of rotatable bonds is 4. The van der Waals surface area contributed by atoms with Crippen molar-refractivity contribution in [2.24, 2.45) is 0 Å². The lowest BCUT2D eigenvalue weighted by molar-refractivity contribution is -0.150. The normalized spacial score (nSPS) is 21.4. The van der Waals surface area contributed by atoms with Crippen molar-refractivity contribution in [1.29, 1.82) is 0 Å². The van der Waals surface area contributed by atoms with E-state index in [0.717, 1.165) is 19.4 Å². The molecule has 0 saturated carbocycles. The Morgan fingerprint density at radius 2 is 2.39 bits per heavy atom. The number of esters is 1. The smallest absolute Gasteiger partial charge is 0.323 e. The van der Waals surface area contributed by atoms with Crippen LogP contribution in [0.3, 0.4) is 0 Å². The highest BCUT2D eigenvalue weighted by Crippen LogP contribution is 2.34. The molecular weight excluding hydrogens is 246 g/mol. The molecule has 0 aromatic carbocycles. The lowest BCUT2D eigenvalue weighted by Crippen LogP contribution is -2.46. The molecule has 1 aliphatic rings. The van der Waals surface area contributed by atoms with Crippen LogP contribution in [0.15, 0.2) is 11.4 Å². The molecule has 100 valence electrons. The van der Waals surface area contributed by atoms with Crippen LogP contribution in [0.4, 0.5) is 0 Å². The van der Waals surface area contributed by atoms with Gasteiger partial charge in [0.05, 0.1) is 6.61 Å². The Hall–Kier alpha value is -0.870. The quantitative estimate of drug-likeness (QED) is 0.785. The first-order valence-electron chi connectivity index (χ1n) is 6.67. The molecule has 18 heavy (non-hydrogen) atoms. The van der Waals surface area contributed by atoms with Crippen LogP contribution in [-0.2, 0) is 16.0 Å². The molecule has 3 nitrogen and oxygen atoms in total. The number of fused-ring (bicyclic) bond motifs is 1.